The van der Waals surface area contributed by atoms with E-state index in [0.29, 0.717) is 6.54 Å². The van der Waals surface area contributed by atoms with Crippen LogP contribution in [0.3, 0.4) is 0 Å². The third-order valence-corrected chi connectivity index (χ3v) is 5.11. The van der Waals surface area contributed by atoms with Gasteiger partial charge in [0.15, 0.2) is 0 Å². The number of nitrogens with zero attached hydrogens (tertiary/aromatic N) is 1. The van der Waals surface area contributed by atoms with Crippen LogP contribution in [0.1, 0.15) is 12.0 Å². The average molecular weight is 289 g/mol. The molecule has 0 fully saturated rings. The molecule has 1 aromatic carbocycles. The van der Waals surface area contributed by atoms with Gasteiger partial charge in [0.05, 0.1) is 14.5 Å². The first kappa shape index (κ1) is 16.2. The summed E-state index contributed by atoms with van der Waals surface area (Å²) < 4.78 is 36.4. The summed E-state index contributed by atoms with van der Waals surface area (Å²) in [5.74, 6) is 0. The van der Waals surface area contributed by atoms with Crippen molar-refractivity contribution in [2.75, 3.05) is 13.6 Å². The van der Waals surface area contributed by atoms with Gasteiger partial charge in [0, 0.05) is 13.1 Å². The van der Waals surface area contributed by atoms with E-state index in [1.807, 2.05) is 12.1 Å². The summed E-state index contributed by atoms with van der Waals surface area (Å²) in [6.07, 6.45) is -4.83. The lowest BCUT2D eigenvalue weighted by Gasteiger charge is -2.20. The Morgan fingerprint density at radius 2 is 1.58 bits per heavy atom. The summed E-state index contributed by atoms with van der Waals surface area (Å²) in [7, 11) is 0.422. The highest BCUT2D eigenvalue weighted by molar-refractivity contribution is 6.88. The lowest BCUT2D eigenvalue weighted by molar-refractivity contribution is -0.137. The van der Waals surface area contributed by atoms with Gasteiger partial charge in [-0.1, -0.05) is 49.1 Å². The average Bonchev–Trinajstić information content (AvgIpc) is 2.25. The minimum atomic E-state index is -4.07. The Morgan fingerprint density at radius 3 is 2.00 bits per heavy atom. The number of benzene rings is 1. The van der Waals surface area contributed by atoms with Gasteiger partial charge in [-0.05, 0) is 12.6 Å². The molecular weight excluding hydrogens is 267 g/mol. The quantitative estimate of drug-likeness (QED) is 0.748. The number of hydrogen-bond donors (Lipinski definition) is 0. The molecule has 0 saturated carbocycles. The number of hydrogen-bond acceptors (Lipinski definition) is 1. The van der Waals surface area contributed by atoms with E-state index in [1.54, 1.807) is 11.9 Å². The highest BCUT2D eigenvalue weighted by Crippen LogP contribution is 2.19. The van der Waals surface area contributed by atoms with Crippen molar-refractivity contribution in [3.05, 3.63) is 29.8 Å². The maximum absolute atomic E-state index is 12.1. The Balaban J connectivity index is 2.54. The first-order valence-electron chi connectivity index (χ1n) is 6.43. The van der Waals surface area contributed by atoms with Gasteiger partial charge in [0.25, 0.3) is 0 Å². The number of alkyl halides is 3. The molecule has 5 heteroatoms. The van der Waals surface area contributed by atoms with Crippen molar-refractivity contribution in [3.8, 4) is 0 Å². The van der Waals surface area contributed by atoms with Crippen molar-refractivity contribution in [1.29, 1.82) is 0 Å². The Morgan fingerprint density at radius 1 is 1.05 bits per heavy atom. The second-order valence-electron chi connectivity index (χ2n) is 6.05. The van der Waals surface area contributed by atoms with E-state index in [0.717, 1.165) is 5.56 Å². The molecule has 0 radical (unpaired) electrons. The van der Waals surface area contributed by atoms with Crippen LogP contribution in [0.5, 0.6) is 0 Å². The molecule has 0 spiro atoms. The normalized spacial score (nSPS) is 13.1. The molecule has 108 valence electrons. The second kappa shape index (κ2) is 6.09. The van der Waals surface area contributed by atoms with Crippen LogP contribution in [0.15, 0.2) is 24.3 Å². The Kier molecular flexibility index (Phi) is 5.21. The molecule has 1 aromatic rings. The van der Waals surface area contributed by atoms with Gasteiger partial charge in [-0.25, -0.2) is 0 Å². The third kappa shape index (κ3) is 6.25. The van der Waals surface area contributed by atoms with Crippen molar-refractivity contribution >= 4 is 13.3 Å². The van der Waals surface area contributed by atoms with Crippen LogP contribution in [0.25, 0.3) is 0 Å². The Labute approximate surface area is 114 Å². The Bertz CT molecular complexity index is 393. The van der Waals surface area contributed by atoms with Crippen LogP contribution in [0.2, 0.25) is 19.6 Å². The van der Waals surface area contributed by atoms with Crippen LogP contribution in [0, 0.1) is 0 Å². The summed E-state index contributed by atoms with van der Waals surface area (Å²) >= 11 is 0. The molecule has 0 N–H and O–H groups in total. The molecule has 0 amide bonds. The summed E-state index contributed by atoms with van der Waals surface area (Å²) in [6.45, 7) is 7.42. The van der Waals surface area contributed by atoms with Crippen molar-refractivity contribution in [3.63, 3.8) is 0 Å². The van der Waals surface area contributed by atoms with E-state index >= 15 is 0 Å². The molecule has 0 aliphatic carbocycles. The maximum atomic E-state index is 12.1. The molecule has 19 heavy (non-hydrogen) atoms. The second-order valence-corrected chi connectivity index (χ2v) is 11.1. The highest BCUT2D eigenvalue weighted by Gasteiger charge is 2.27. The molecule has 0 unspecified atom stereocenters. The van der Waals surface area contributed by atoms with Crippen LogP contribution >= 0.6 is 0 Å². The first-order valence-corrected chi connectivity index (χ1v) is 9.93. The molecule has 0 aromatic heterocycles. The molecule has 0 bridgehead atoms. The van der Waals surface area contributed by atoms with Gasteiger partial charge in [-0.2, -0.15) is 13.2 Å². The van der Waals surface area contributed by atoms with E-state index in [2.05, 4.69) is 31.8 Å². The van der Waals surface area contributed by atoms with Crippen LogP contribution in [-0.2, 0) is 6.54 Å². The molecule has 0 heterocycles. The first-order chi connectivity index (χ1) is 8.58. The van der Waals surface area contributed by atoms with E-state index in [4.69, 9.17) is 0 Å². The predicted octanol–water partition coefficient (Wildman–Crippen LogP) is 3.62. The fourth-order valence-corrected chi connectivity index (χ4v) is 2.99. The minimum Gasteiger partial charge on any atom is -0.302 e. The molecule has 1 nitrogen and oxygen atoms in total. The fourth-order valence-electron chi connectivity index (χ4n) is 1.82. The monoisotopic (exact) mass is 289 g/mol. The van der Waals surface area contributed by atoms with E-state index in [-0.39, 0.29) is 6.54 Å². The zero-order chi connectivity index (χ0) is 14.7. The lowest BCUT2D eigenvalue weighted by Crippen LogP contribution is -2.37. The zero-order valence-corrected chi connectivity index (χ0v) is 13.0. The summed E-state index contributed by atoms with van der Waals surface area (Å²) in [6, 6.07) is 8.27. The van der Waals surface area contributed by atoms with E-state index in [1.165, 1.54) is 5.19 Å². The number of halogens is 3. The highest BCUT2D eigenvalue weighted by atomic mass is 28.3. The molecular formula is C14H22F3NSi. The Hall–Kier alpha value is -0.813. The molecule has 1 rings (SSSR count). The van der Waals surface area contributed by atoms with E-state index in [9.17, 15) is 13.2 Å². The summed E-state index contributed by atoms with van der Waals surface area (Å²) in [4.78, 5) is 1.71. The predicted molar refractivity (Wildman–Crippen MR) is 76.4 cm³/mol. The maximum Gasteiger partial charge on any atom is 0.390 e. The van der Waals surface area contributed by atoms with Crippen molar-refractivity contribution in [1.82, 2.24) is 4.90 Å². The van der Waals surface area contributed by atoms with Crippen molar-refractivity contribution < 1.29 is 13.2 Å². The summed E-state index contributed by atoms with van der Waals surface area (Å²) in [5, 5.41) is 1.37. The van der Waals surface area contributed by atoms with Gasteiger partial charge in [0.2, 0.25) is 0 Å². The topological polar surface area (TPSA) is 3.24 Å². The van der Waals surface area contributed by atoms with Gasteiger partial charge in [0.1, 0.15) is 0 Å². The smallest absolute Gasteiger partial charge is 0.302 e. The van der Waals surface area contributed by atoms with Crippen LogP contribution in [-0.4, -0.2) is 32.7 Å². The van der Waals surface area contributed by atoms with E-state index < -0.39 is 20.7 Å². The third-order valence-electron chi connectivity index (χ3n) is 3.05. The van der Waals surface area contributed by atoms with Crippen LogP contribution < -0.4 is 5.19 Å². The molecule has 0 aliphatic heterocycles. The largest absolute Gasteiger partial charge is 0.390 e. The van der Waals surface area contributed by atoms with Crippen LogP contribution in [0.4, 0.5) is 13.2 Å². The summed E-state index contributed by atoms with van der Waals surface area (Å²) in [5.41, 5.74) is 1.06. The van der Waals surface area contributed by atoms with Gasteiger partial charge in [-0.3, -0.25) is 0 Å². The minimum absolute atomic E-state index is 0.0409. The molecule has 0 aliphatic rings. The van der Waals surface area contributed by atoms with Crippen molar-refractivity contribution in [2.24, 2.45) is 0 Å². The fraction of sp³-hybridized carbons (Fsp3) is 0.571. The molecule has 0 atom stereocenters. The zero-order valence-electron chi connectivity index (χ0n) is 12.0. The standard InChI is InChI=1S/C14H22F3NSi/c1-18(10-9-14(15,16)17)11-12-5-7-13(8-6-12)19(2,3)4/h5-8H,9-11H2,1-4H3. The SMILES string of the molecule is CN(CCC(F)(F)F)Cc1ccc([Si](C)(C)C)cc1. The number of rotatable bonds is 5. The lowest BCUT2D eigenvalue weighted by atomic mass is 10.2. The van der Waals surface area contributed by atoms with Crippen molar-refractivity contribution in [2.45, 2.75) is 38.8 Å². The van der Waals surface area contributed by atoms with Gasteiger partial charge < -0.3 is 4.90 Å². The van der Waals surface area contributed by atoms with Gasteiger partial charge in [-0.15, -0.1) is 0 Å². The molecule has 0 saturated heterocycles. The van der Waals surface area contributed by atoms with Gasteiger partial charge >= 0.3 is 6.18 Å².